The Morgan fingerprint density at radius 1 is 0.902 bits per heavy atom. The molecule has 0 bridgehead atoms. The molecule has 7 rings (SSSR count). The van der Waals surface area contributed by atoms with Gasteiger partial charge in [0.2, 0.25) is 0 Å². The predicted octanol–water partition coefficient (Wildman–Crippen LogP) is 11.8. The lowest BCUT2D eigenvalue weighted by atomic mass is 10.0. The number of benzene rings is 3. The fraction of sp³-hybridized carbons (Fsp3) is 0.413. The average Bonchev–Trinajstić information content (AvgIpc) is 3.88. The number of ether oxygens (including phenoxy) is 2. The molecule has 51 heavy (non-hydrogen) atoms. The van der Waals surface area contributed by atoms with Crippen molar-refractivity contribution in [3.8, 4) is 17.1 Å². The molecule has 0 unspecified atom stereocenters. The summed E-state index contributed by atoms with van der Waals surface area (Å²) in [5, 5.41) is 2.52. The van der Waals surface area contributed by atoms with Gasteiger partial charge in [-0.1, -0.05) is 111 Å². The zero-order chi connectivity index (χ0) is 36.0. The van der Waals surface area contributed by atoms with E-state index in [0.717, 1.165) is 88.8 Å². The molecule has 0 saturated carbocycles. The first-order chi connectivity index (χ1) is 25.0. The molecule has 0 N–H and O–H groups in total. The van der Waals surface area contributed by atoms with Crippen molar-refractivity contribution in [1.82, 2.24) is 14.5 Å². The van der Waals surface area contributed by atoms with Crippen LogP contribution in [0.25, 0.3) is 22.2 Å². The molecule has 0 atom stereocenters. The molecule has 0 radical (unpaired) electrons. The molecule has 3 aromatic carbocycles. The van der Waals surface area contributed by atoms with Gasteiger partial charge in [-0.05, 0) is 86.1 Å². The quantitative estimate of drug-likeness (QED) is 0.147. The summed E-state index contributed by atoms with van der Waals surface area (Å²) in [5.41, 5.74) is 9.50. The number of imidazole rings is 1. The van der Waals surface area contributed by atoms with Crippen LogP contribution in [0, 0.1) is 0 Å². The number of nitrogens with zero attached hydrogens (tertiary/aromatic N) is 3. The van der Waals surface area contributed by atoms with Gasteiger partial charge in [0.1, 0.15) is 17.3 Å². The highest BCUT2D eigenvalue weighted by atomic mass is 16.5. The Kier molecular flexibility index (Phi) is 14.3. The number of allylic oxidation sites excluding steroid dienone is 5. The summed E-state index contributed by atoms with van der Waals surface area (Å²) in [7, 11) is 0. The van der Waals surface area contributed by atoms with Crippen molar-refractivity contribution >= 4 is 10.8 Å². The van der Waals surface area contributed by atoms with Crippen molar-refractivity contribution in [1.29, 1.82) is 0 Å². The van der Waals surface area contributed by atoms with Gasteiger partial charge in [-0.2, -0.15) is 0 Å². The first kappa shape index (κ1) is 37.9. The van der Waals surface area contributed by atoms with Crippen molar-refractivity contribution in [2.45, 2.75) is 106 Å². The van der Waals surface area contributed by atoms with Crippen LogP contribution in [-0.4, -0.2) is 34.2 Å². The van der Waals surface area contributed by atoms with Crippen LogP contribution >= 0.6 is 0 Å². The zero-order valence-corrected chi connectivity index (χ0v) is 32.0. The van der Waals surface area contributed by atoms with Crippen LogP contribution in [0.2, 0.25) is 0 Å². The van der Waals surface area contributed by atoms with Crippen molar-refractivity contribution in [3.63, 3.8) is 0 Å². The van der Waals surface area contributed by atoms with E-state index in [1.807, 2.05) is 32.9 Å². The van der Waals surface area contributed by atoms with E-state index in [-0.39, 0.29) is 0 Å². The molecule has 2 aliphatic heterocycles. The molecule has 270 valence electrons. The number of aromatic nitrogens is 2. The highest BCUT2D eigenvalue weighted by Gasteiger charge is 2.22. The fourth-order valence-corrected chi connectivity index (χ4v) is 7.12. The second-order valence-electron chi connectivity index (χ2n) is 13.8. The molecule has 5 nitrogen and oxygen atoms in total. The van der Waals surface area contributed by atoms with E-state index in [1.165, 1.54) is 62.7 Å². The Morgan fingerprint density at radius 2 is 1.73 bits per heavy atom. The third kappa shape index (κ3) is 10.1. The summed E-state index contributed by atoms with van der Waals surface area (Å²) in [5.74, 6) is 3.27. The van der Waals surface area contributed by atoms with E-state index < -0.39 is 0 Å². The van der Waals surface area contributed by atoms with Gasteiger partial charge in [0.05, 0.1) is 25.1 Å². The monoisotopic (exact) mass is 685 g/mol. The number of unbranched alkanes of at least 4 members (excludes halogenated alkanes) is 1. The van der Waals surface area contributed by atoms with Crippen LogP contribution in [0.4, 0.5) is 0 Å². The van der Waals surface area contributed by atoms with Gasteiger partial charge in [0.25, 0.3) is 0 Å². The van der Waals surface area contributed by atoms with Crippen molar-refractivity contribution < 1.29 is 9.47 Å². The molecule has 5 heteroatoms. The molecule has 3 heterocycles. The van der Waals surface area contributed by atoms with Crippen LogP contribution in [0.3, 0.4) is 0 Å². The molecule has 0 spiro atoms. The first-order valence-corrected chi connectivity index (χ1v) is 19.3. The maximum absolute atomic E-state index is 6.04. The summed E-state index contributed by atoms with van der Waals surface area (Å²) in [6.45, 7) is 17.7. The first-order valence-electron chi connectivity index (χ1n) is 19.3. The van der Waals surface area contributed by atoms with Gasteiger partial charge in [-0.25, -0.2) is 4.98 Å². The highest BCUT2D eigenvalue weighted by Crippen LogP contribution is 2.33. The number of fused-ring (bicyclic) bond motifs is 2. The fourth-order valence-electron chi connectivity index (χ4n) is 7.12. The standard InChI is InChI=1S/C37H41N3O2.C7H12.C2H6/c1-2-3-18-40-32(23-38-37(40)34-13-7-10-29-9-4-5-12-33(29)34)26-39(25-28-14-15-35-31(21-28)17-20-41-35)24-27-8-6-11-30-16-19-42-36(30)22-27;1-4-5-6-7(2)3;1-2/h4-5,7,9-10,12-15,21-23H,2-3,6,8,11,16-20,24-26H2,1H3;4-6H,1-3H3;1-2H3/b;5-4-;. The van der Waals surface area contributed by atoms with E-state index >= 15 is 0 Å². The highest BCUT2D eigenvalue weighted by molar-refractivity contribution is 5.95. The Balaban J connectivity index is 0.000000503. The minimum atomic E-state index is 0.792. The third-order valence-electron chi connectivity index (χ3n) is 9.62. The Hall–Kier alpha value is -4.35. The van der Waals surface area contributed by atoms with Crippen molar-refractivity contribution in [2.75, 3.05) is 19.8 Å². The number of hydrogen-bond donors (Lipinski definition) is 0. The summed E-state index contributed by atoms with van der Waals surface area (Å²) >= 11 is 0. The van der Waals surface area contributed by atoms with Gasteiger partial charge in [0.15, 0.2) is 0 Å². The third-order valence-corrected chi connectivity index (χ3v) is 9.62. The molecule has 0 fully saturated rings. The summed E-state index contributed by atoms with van der Waals surface area (Å²) in [6, 6.07) is 22.0. The van der Waals surface area contributed by atoms with Crippen molar-refractivity contribution in [3.05, 3.63) is 130 Å². The lowest BCUT2D eigenvalue weighted by molar-refractivity contribution is 0.252. The van der Waals surface area contributed by atoms with E-state index in [0.29, 0.717) is 0 Å². The van der Waals surface area contributed by atoms with E-state index in [4.69, 9.17) is 14.5 Å². The molecular formula is C46H59N3O2. The molecule has 4 aromatic rings. The molecule has 1 aliphatic carbocycles. The minimum Gasteiger partial charge on any atom is -0.493 e. The van der Waals surface area contributed by atoms with Crippen LogP contribution in [0.1, 0.15) is 96.9 Å². The molecular weight excluding hydrogens is 627 g/mol. The Bertz CT molecular complexity index is 1850. The molecule has 0 amide bonds. The Morgan fingerprint density at radius 3 is 2.53 bits per heavy atom. The SMILES string of the molecule is C/C=C\C=C(C)C.CC.CCCCn1c(CN(CC2=CC3=C(CCC2)CCO3)Cc2ccc3c(c2)CCO3)cnc1-c1cccc2ccccc12. The van der Waals surface area contributed by atoms with Gasteiger partial charge in [-0.15, -0.1) is 0 Å². The second-order valence-corrected chi connectivity index (χ2v) is 13.8. The number of rotatable bonds is 11. The van der Waals surface area contributed by atoms with Crippen LogP contribution in [-0.2, 0) is 30.8 Å². The van der Waals surface area contributed by atoms with Crippen LogP contribution in [0.15, 0.2) is 114 Å². The van der Waals surface area contributed by atoms with Crippen molar-refractivity contribution in [2.24, 2.45) is 0 Å². The van der Waals surface area contributed by atoms with Gasteiger partial charge >= 0.3 is 0 Å². The van der Waals surface area contributed by atoms with Gasteiger partial charge < -0.3 is 14.0 Å². The minimum absolute atomic E-state index is 0.792. The summed E-state index contributed by atoms with van der Waals surface area (Å²) in [6.07, 6.45) is 18.5. The largest absolute Gasteiger partial charge is 0.493 e. The zero-order valence-electron chi connectivity index (χ0n) is 32.0. The van der Waals surface area contributed by atoms with Gasteiger partial charge in [-0.3, -0.25) is 4.90 Å². The smallest absolute Gasteiger partial charge is 0.140 e. The topological polar surface area (TPSA) is 39.5 Å². The van der Waals surface area contributed by atoms with Crippen LogP contribution < -0.4 is 4.74 Å². The summed E-state index contributed by atoms with van der Waals surface area (Å²) in [4.78, 5) is 7.69. The maximum Gasteiger partial charge on any atom is 0.140 e. The molecule has 1 aromatic heterocycles. The lowest BCUT2D eigenvalue weighted by Crippen LogP contribution is -2.27. The maximum atomic E-state index is 6.04. The van der Waals surface area contributed by atoms with E-state index in [2.05, 4.69) is 109 Å². The average molecular weight is 686 g/mol. The second kappa shape index (κ2) is 19.3. The lowest BCUT2D eigenvalue weighted by Gasteiger charge is -2.25. The van der Waals surface area contributed by atoms with Gasteiger partial charge in [0, 0.05) is 44.6 Å². The molecule has 3 aliphatic rings. The Labute approximate surface area is 307 Å². The molecule has 0 saturated heterocycles. The predicted molar refractivity (Wildman–Crippen MR) is 215 cm³/mol. The summed E-state index contributed by atoms with van der Waals surface area (Å²) < 4.78 is 14.3. The number of hydrogen-bond acceptors (Lipinski definition) is 4. The van der Waals surface area contributed by atoms with E-state index in [1.54, 1.807) is 0 Å². The van der Waals surface area contributed by atoms with Crippen LogP contribution in [0.5, 0.6) is 5.75 Å². The normalized spacial score (nSPS) is 14.8. The van der Waals surface area contributed by atoms with E-state index in [9.17, 15) is 0 Å².